The Balaban J connectivity index is 0.00000180. The minimum atomic E-state index is 0. The number of rotatable bonds is 3. The van der Waals surface area contributed by atoms with E-state index >= 15 is 0 Å². The highest BCUT2D eigenvalue weighted by atomic mass is 35.5. The molecule has 0 aromatic heterocycles. The van der Waals surface area contributed by atoms with Crippen molar-refractivity contribution in [3.8, 4) is 0 Å². The standard InChI is InChI=1S/C14H20N2OS.ClH/c1-10-3-4-12(7-11(10)2)16-14(17)8-13-9-18-6-5-15-13;/h3-4,7,13,15H,5-6,8-9H2,1-2H3,(H,16,17);1H. The molecule has 2 rings (SSSR count). The number of halogens is 1. The Kier molecular flexibility index (Phi) is 6.69. The normalized spacial score (nSPS) is 18.5. The molecule has 1 unspecified atom stereocenters. The molecule has 19 heavy (non-hydrogen) atoms. The molecule has 1 aromatic carbocycles. The van der Waals surface area contributed by atoms with Crippen molar-refractivity contribution in [3.63, 3.8) is 0 Å². The van der Waals surface area contributed by atoms with Crippen LogP contribution in [0.3, 0.4) is 0 Å². The van der Waals surface area contributed by atoms with E-state index in [2.05, 4.69) is 24.5 Å². The van der Waals surface area contributed by atoms with Gasteiger partial charge in [0.15, 0.2) is 0 Å². The number of carbonyl (C=O) groups excluding carboxylic acids is 1. The number of thioether (sulfide) groups is 1. The summed E-state index contributed by atoms with van der Waals surface area (Å²) in [6.45, 7) is 5.14. The molecular weight excluding hydrogens is 280 g/mol. The van der Waals surface area contributed by atoms with Gasteiger partial charge >= 0.3 is 0 Å². The smallest absolute Gasteiger partial charge is 0.225 e. The Morgan fingerprint density at radius 2 is 2.21 bits per heavy atom. The molecule has 0 bridgehead atoms. The number of carbonyl (C=O) groups is 1. The molecule has 3 nitrogen and oxygen atoms in total. The number of amides is 1. The highest BCUT2D eigenvalue weighted by molar-refractivity contribution is 7.99. The van der Waals surface area contributed by atoms with Gasteiger partial charge in [-0.1, -0.05) is 6.07 Å². The van der Waals surface area contributed by atoms with Crippen LogP contribution in [0.15, 0.2) is 18.2 Å². The molecule has 0 saturated carbocycles. The molecule has 1 amide bonds. The third-order valence-electron chi connectivity index (χ3n) is 3.22. The van der Waals surface area contributed by atoms with E-state index in [0.717, 1.165) is 23.7 Å². The molecule has 0 aliphatic carbocycles. The van der Waals surface area contributed by atoms with Crippen molar-refractivity contribution in [1.29, 1.82) is 0 Å². The molecule has 0 spiro atoms. The van der Waals surface area contributed by atoms with Crippen molar-refractivity contribution in [2.75, 3.05) is 23.4 Å². The predicted molar refractivity (Wildman–Crippen MR) is 85.5 cm³/mol. The van der Waals surface area contributed by atoms with Crippen molar-refractivity contribution >= 4 is 35.8 Å². The lowest BCUT2D eigenvalue weighted by Crippen LogP contribution is -2.39. The van der Waals surface area contributed by atoms with Crippen molar-refractivity contribution in [2.24, 2.45) is 0 Å². The Hall–Kier alpha value is -0.710. The van der Waals surface area contributed by atoms with Gasteiger partial charge in [-0.25, -0.2) is 0 Å². The monoisotopic (exact) mass is 300 g/mol. The van der Waals surface area contributed by atoms with Crippen LogP contribution in [0, 0.1) is 13.8 Å². The number of hydrogen-bond acceptors (Lipinski definition) is 3. The summed E-state index contributed by atoms with van der Waals surface area (Å²) >= 11 is 1.91. The molecule has 1 saturated heterocycles. The Labute approximate surface area is 125 Å². The largest absolute Gasteiger partial charge is 0.326 e. The first-order valence-electron chi connectivity index (χ1n) is 6.33. The minimum absolute atomic E-state index is 0. The highest BCUT2D eigenvalue weighted by Crippen LogP contribution is 2.15. The third kappa shape index (κ3) is 5.05. The van der Waals surface area contributed by atoms with Gasteiger partial charge in [-0.3, -0.25) is 4.79 Å². The van der Waals surface area contributed by atoms with Crippen molar-refractivity contribution in [2.45, 2.75) is 26.3 Å². The van der Waals surface area contributed by atoms with E-state index in [0.29, 0.717) is 12.5 Å². The lowest BCUT2D eigenvalue weighted by molar-refractivity contribution is -0.116. The van der Waals surface area contributed by atoms with Crippen LogP contribution in [-0.4, -0.2) is 30.0 Å². The average Bonchev–Trinajstić information content (AvgIpc) is 2.35. The van der Waals surface area contributed by atoms with Gasteiger partial charge in [0.1, 0.15) is 0 Å². The van der Waals surface area contributed by atoms with Crippen LogP contribution in [0.5, 0.6) is 0 Å². The van der Waals surface area contributed by atoms with E-state index in [1.165, 1.54) is 11.1 Å². The fraction of sp³-hybridized carbons (Fsp3) is 0.500. The molecule has 0 radical (unpaired) electrons. The van der Waals surface area contributed by atoms with Gasteiger partial charge in [-0.15, -0.1) is 12.4 Å². The van der Waals surface area contributed by atoms with Gasteiger partial charge in [-0.2, -0.15) is 11.8 Å². The predicted octanol–water partition coefficient (Wildman–Crippen LogP) is 2.76. The van der Waals surface area contributed by atoms with Crippen LogP contribution in [0.4, 0.5) is 5.69 Å². The summed E-state index contributed by atoms with van der Waals surface area (Å²) in [5.41, 5.74) is 3.35. The highest BCUT2D eigenvalue weighted by Gasteiger charge is 2.16. The first-order chi connectivity index (χ1) is 8.65. The summed E-state index contributed by atoms with van der Waals surface area (Å²) < 4.78 is 0. The lowest BCUT2D eigenvalue weighted by atomic mass is 10.1. The number of hydrogen-bond donors (Lipinski definition) is 2. The molecule has 1 aliphatic rings. The second-order valence-electron chi connectivity index (χ2n) is 4.78. The Morgan fingerprint density at radius 1 is 1.42 bits per heavy atom. The summed E-state index contributed by atoms with van der Waals surface area (Å²) in [7, 11) is 0. The second-order valence-corrected chi connectivity index (χ2v) is 5.93. The van der Waals surface area contributed by atoms with Crippen molar-refractivity contribution in [3.05, 3.63) is 29.3 Å². The van der Waals surface area contributed by atoms with Gasteiger partial charge in [0, 0.05) is 36.2 Å². The molecule has 1 fully saturated rings. The number of aryl methyl sites for hydroxylation is 2. The van der Waals surface area contributed by atoms with Gasteiger partial charge in [0.25, 0.3) is 0 Å². The third-order valence-corrected chi connectivity index (χ3v) is 4.35. The first kappa shape index (κ1) is 16.3. The van der Waals surface area contributed by atoms with E-state index in [9.17, 15) is 4.79 Å². The van der Waals surface area contributed by atoms with E-state index in [4.69, 9.17) is 0 Å². The van der Waals surface area contributed by atoms with Crippen molar-refractivity contribution in [1.82, 2.24) is 5.32 Å². The maximum absolute atomic E-state index is 11.9. The molecule has 2 N–H and O–H groups in total. The Bertz CT molecular complexity index is 433. The van der Waals surface area contributed by atoms with Gasteiger partial charge in [0.05, 0.1) is 0 Å². The fourth-order valence-corrected chi connectivity index (χ4v) is 2.95. The van der Waals surface area contributed by atoms with Crippen LogP contribution < -0.4 is 10.6 Å². The summed E-state index contributed by atoms with van der Waals surface area (Å²) in [4.78, 5) is 11.9. The maximum Gasteiger partial charge on any atom is 0.225 e. The van der Waals surface area contributed by atoms with Crippen LogP contribution in [0.2, 0.25) is 0 Å². The molecule has 106 valence electrons. The number of benzene rings is 1. The average molecular weight is 301 g/mol. The van der Waals surface area contributed by atoms with Crippen LogP contribution in [0.1, 0.15) is 17.5 Å². The fourth-order valence-electron chi connectivity index (χ4n) is 2.01. The van der Waals surface area contributed by atoms with E-state index in [1.807, 2.05) is 30.0 Å². The quantitative estimate of drug-likeness (QED) is 0.902. The van der Waals surface area contributed by atoms with Crippen LogP contribution in [0.25, 0.3) is 0 Å². The zero-order valence-electron chi connectivity index (χ0n) is 11.4. The van der Waals surface area contributed by atoms with E-state index < -0.39 is 0 Å². The molecule has 1 aliphatic heterocycles. The maximum atomic E-state index is 11.9. The summed E-state index contributed by atoms with van der Waals surface area (Å²) in [5, 5.41) is 6.34. The minimum Gasteiger partial charge on any atom is -0.326 e. The topological polar surface area (TPSA) is 41.1 Å². The Morgan fingerprint density at radius 3 is 2.84 bits per heavy atom. The van der Waals surface area contributed by atoms with Crippen molar-refractivity contribution < 1.29 is 4.79 Å². The first-order valence-corrected chi connectivity index (χ1v) is 7.49. The lowest BCUT2D eigenvalue weighted by Gasteiger charge is -2.22. The second kappa shape index (κ2) is 7.78. The van der Waals surface area contributed by atoms with Crippen LogP contribution in [-0.2, 0) is 4.79 Å². The molecule has 1 heterocycles. The van der Waals surface area contributed by atoms with Gasteiger partial charge < -0.3 is 10.6 Å². The van der Waals surface area contributed by atoms with E-state index in [1.54, 1.807) is 0 Å². The molecular formula is C14H21ClN2OS. The summed E-state index contributed by atoms with van der Waals surface area (Å²) in [6, 6.07) is 6.34. The van der Waals surface area contributed by atoms with Gasteiger partial charge in [-0.05, 0) is 37.1 Å². The number of anilines is 1. The SMILES string of the molecule is Cc1ccc(NC(=O)CC2CSCCN2)cc1C.Cl. The van der Waals surface area contributed by atoms with Crippen LogP contribution >= 0.6 is 24.2 Å². The molecule has 1 atom stereocenters. The zero-order chi connectivity index (χ0) is 13.0. The molecule has 5 heteroatoms. The van der Waals surface area contributed by atoms with E-state index in [-0.39, 0.29) is 18.3 Å². The summed E-state index contributed by atoms with van der Waals surface area (Å²) in [5.74, 6) is 2.27. The zero-order valence-corrected chi connectivity index (χ0v) is 13.0. The van der Waals surface area contributed by atoms with Gasteiger partial charge in [0.2, 0.25) is 5.91 Å². The molecule has 1 aromatic rings. The number of nitrogens with one attached hydrogen (secondary N) is 2. The summed E-state index contributed by atoms with van der Waals surface area (Å²) in [6.07, 6.45) is 0.555.